The minimum absolute atomic E-state index is 0.780. The molecule has 3 heteroatoms. The number of methoxy groups -OCH3 is 1. The van der Waals surface area contributed by atoms with Crippen LogP contribution in [0.5, 0.6) is 5.75 Å². The molecule has 0 aliphatic carbocycles. The molecular formula is C16H18ClNO. The van der Waals surface area contributed by atoms with Crippen molar-refractivity contribution in [3.05, 3.63) is 64.7 Å². The van der Waals surface area contributed by atoms with Crippen LogP contribution in [0.1, 0.15) is 11.1 Å². The molecule has 0 bridgehead atoms. The Morgan fingerprint density at radius 2 is 1.58 bits per heavy atom. The fourth-order valence-corrected chi connectivity index (χ4v) is 1.99. The number of nitrogens with one attached hydrogen (secondary N) is 1. The molecule has 0 spiro atoms. The Kier molecular flexibility index (Phi) is 5.25. The normalized spacial score (nSPS) is 10.4. The van der Waals surface area contributed by atoms with Crippen LogP contribution < -0.4 is 10.1 Å². The van der Waals surface area contributed by atoms with Gasteiger partial charge < -0.3 is 10.1 Å². The van der Waals surface area contributed by atoms with Gasteiger partial charge in [0.2, 0.25) is 0 Å². The van der Waals surface area contributed by atoms with E-state index in [4.69, 9.17) is 16.3 Å². The van der Waals surface area contributed by atoms with Crippen molar-refractivity contribution in [3.63, 3.8) is 0 Å². The summed E-state index contributed by atoms with van der Waals surface area (Å²) < 4.78 is 5.14. The molecule has 2 aromatic carbocycles. The topological polar surface area (TPSA) is 21.3 Å². The van der Waals surface area contributed by atoms with Crippen LogP contribution in [0.4, 0.5) is 0 Å². The summed E-state index contributed by atoms with van der Waals surface area (Å²) >= 11 is 5.85. The van der Waals surface area contributed by atoms with Gasteiger partial charge in [0, 0.05) is 11.6 Å². The summed E-state index contributed by atoms with van der Waals surface area (Å²) in [5.41, 5.74) is 2.56. The standard InChI is InChI=1S/C16H18ClNO/c1-19-16-8-4-13(5-9-16)10-11-18-12-14-2-6-15(17)7-3-14/h2-9,18H,10-12H2,1H3. The predicted octanol–water partition coefficient (Wildman–Crippen LogP) is 3.68. The molecular weight excluding hydrogens is 258 g/mol. The zero-order valence-electron chi connectivity index (χ0n) is 11.0. The van der Waals surface area contributed by atoms with E-state index < -0.39 is 0 Å². The zero-order valence-corrected chi connectivity index (χ0v) is 11.8. The maximum Gasteiger partial charge on any atom is 0.118 e. The van der Waals surface area contributed by atoms with E-state index in [0.29, 0.717) is 0 Å². The second-order valence-corrected chi connectivity index (χ2v) is 4.84. The van der Waals surface area contributed by atoms with Crippen LogP contribution in [0, 0.1) is 0 Å². The van der Waals surface area contributed by atoms with E-state index in [1.165, 1.54) is 11.1 Å². The van der Waals surface area contributed by atoms with Crippen LogP contribution in [0.15, 0.2) is 48.5 Å². The van der Waals surface area contributed by atoms with Crippen LogP contribution in [-0.4, -0.2) is 13.7 Å². The van der Waals surface area contributed by atoms with Gasteiger partial charge in [-0.25, -0.2) is 0 Å². The minimum Gasteiger partial charge on any atom is -0.497 e. The van der Waals surface area contributed by atoms with E-state index in [1.807, 2.05) is 36.4 Å². The second-order valence-electron chi connectivity index (χ2n) is 4.40. The second kappa shape index (κ2) is 7.17. The molecule has 0 aliphatic heterocycles. The van der Waals surface area contributed by atoms with Crippen molar-refractivity contribution in [3.8, 4) is 5.75 Å². The van der Waals surface area contributed by atoms with Crippen molar-refractivity contribution in [1.29, 1.82) is 0 Å². The van der Waals surface area contributed by atoms with Crippen LogP contribution in [0.2, 0.25) is 5.02 Å². The van der Waals surface area contributed by atoms with Crippen LogP contribution in [-0.2, 0) is 13.0 Å². The van der Waals surface area contributed by atoms with Crippen molar-refractivity contribution in [2.24, 2.45) is 0 Å². The van der Waals surface area contributed by atoms with Crippen LogP contribution >= 0.6 is 11.6 Å². The first kappa shape index (κ1) is 13.9. The molecule has 0 heterocycles. The molecule has 0 fully saturated rings. The number of hydrogen-bond donors (Lipinski definition) is 1. The van der Waals surface area contributed by atoms with Gasteiger partial charge in [0.15, 0.2) is 0 Å². The molecule has 19 heavy (non-hydrogen) atoms. The molecule has 2 aromatic rings. The first-order valence-corrected chi connectivity index (χ1v) is 6.74. The summed E-state index contributed by atoms with van der Waals surface area (Å²) in [5, 5.41) is 4.20. The van der Waals surface area contributed by atoms with Crippen molar-refractivity contribution in [2.75, 3.05) is 13.7 Å². The summed E-state index contributed by atoms with van der Waals surface area (Å²) in [5.74, 6) is 0.901. The highest BCUT2D eigenvalue weighted by atomic mass is 35.5. The largest absolute Gasteiger partial charge is 0.497 e. The van der Waals surface area contributed by atoms with E-state index >= 15 is 0 Å². The number of ether oxygens (including phenoxy) is 1. The molecule has 1 N–H and O–H groups in total. The Morgan fingerprint density at radius 1 is 0.947 bits per heavy atom. The Bertz CT molecular complexity index is 493. The smallest absolute Gasteiger partial charge is 0.118 e. The molecule has 2 nitrogen and oxygen atoms in total. The lowest BCUT2D eigenvalue weighted by molar-refractivity contribution is 0.414. The van der Waals surface area contributed by atoms with Gasteiger partial charge in [-0.3, -0.25) is 0 Å². The fourth-order valence-electron chi connectivity index (χ4n) is 1.86. The van der Waals surface area contributed by atoms with Gasteiger partial charge >= 0.3 is 0 Å². The van der Waals surface area contributed by atoms with E-state index in [9.17, 15) is 0 Å². The highest BCUT2D eigenvalue weighted by Gasteiger charge is 1.96. The SMILES string of the molecule is COc1ccc(CCNCc2ccc(Cl)cc2)cc1. The first-order valence-electron chi connectivity index (χ1n) is 6.36. The lowest BCUT2D eigenvalue weighted by Gasteiger charge is -2.06. The third-order valence-corrected chi connectivity index (χ3v) is 3.24. The molecule has 0 saturated heterocycles. The van der Waals surface area contributed by atoms with E-state index in [-0.39, 0.29) is 0 Å². The van der Waals surface area contributed by atoms with Gasteiger partial charge in [0.1, 0.15) is 5.75 Å². The number of hydrogen-bond acceptors (Lipinski definition) is 2. The number of benzene rings is 2. The molecule has 0 radical (unpaired) electrons. The lowest BCUT2D eigenvalue weighted by Crippen LogP contribution is -2.16. The zero-order chi connectivity index (χ0) is 13.5. The molecule has 0 atom stereocenters. The van der Waals surface area contributed by atoms with Crippen LogP contribution in [0.25, 0.3) is 0 Å². The van der Waals surface area contributed by atoms with Gasteiger partial charge in [-0.15, -0.1) is 0 Å². The summed E-state index contributed by atoms with van der Waals surface area (Å²) in [6.45, 7) is 1.82. The predicted molar refractivity (Wildman–Crippen MR) is 79.9 cm³/mol. The van der Waals surface area contributed by atoms with E-state index in [1.54, 1.807) is 7.11 Å². The molecule has 100 valence electrons. The van der Waals surface area contributed by atoms with Crippen LogP contribution in [0.3, 0.4) is 0 Å². The number of rotatable bonds is 6. The Balaban J connectivity index is 1.72. The third-order valence-electron chi connectivity index (χ3n) is 2.99. The Labute approximate surface area is 119 Å². The highest BCUT2D eigenvalue weighted by molar-refractivity contribution is 6.30. The van der Waals surface area contributed by atoms with Gasteiger partial charge in [0.05, 0.1) is 7.11 Å². The van der Waals surface area contributed by atoms with Crippen molar-refractivity contribution >= 4 is 11.6 Å². The molecule has 0 saturated carbocycles. The van der Waals surface area contributed by atoms with Gasteiger partial charge in [-0.1, -0.05) is 35.9 Å². The van der Waals surface area contributed by atoms with Crippen molar-refractivity contribution in [2.45, 2.75) is 13.0 Å². The highest BCUT2D eigenvalue weighted by Crippen LogP contribution is 2.11. The van der Waals surface area contributed by atoms with E-state index in [2.05, 4.69) is 17.4 Å². The molecule has 0 unspecified atom stereocenters. The minimum atomic E-state index is 0.780. The van der Waals surface area contributed by atoms with Gasteiger partial charge in [-0.05, 0) is 48.4 Å². The molecule has 0 aliphatic rings. The summed E-state index contributed by atoms with van der Waals surface area (Å²) in [6, 6.07) is 16.1. The fraction of sp³-hybridized carbons (Fsp3) is 0.250. The monoisotopic (exact) mass is 275 g/mol. The number of halogens is 1. The molecule has 2 rings (SSSR count). The van der Waals surface area contributed by atoms with Gasteiger partial charge in [-0.2, -0.15) is 0 Å². The first-order chi connectivity index (χ1) is 9.28. The third kappa shape index (κ3) is 4.58. The Hall–Kier alpha value is -1.51. The molecule has 0 aromatic heterocycles. The summed E-state index contributed by atoms with van der Waals surface area (Å²) in [4.78, 5) is 0. The maximum absolute atomic E-state index is 5.85. The molecule has 0 amide bonds. The van der Waals surface area contributed by atoms with Crippen molar-refractivity contribution < 1.29 is 4.74 Å². The van der Waals surface area contributed by atoms with Crippen molar-refractivity contribution in [1.82, 2.24) is 5.32 Å². The quantitative estimate of drug-likeness (QED) is 0.812. The summed E-state index contributed by atoms with van der Waals surface area (Å²) in [7, 11) is 1.68. The van der Waals surface area contributed by atoms with E-state index in [0.717, 1.165) is 30.3 Å². The average Bonchev–Trinajstić information content (AvgIpc) is 2.46. The average molecular weight is 276 g/mol. The maximum atomic E-state index is 5.85. The Morgan fingerprint density at radius 3 is 2.21 bits per heavy atom. The van der Waals surface area contributed by atoms with Gasteiger partial charge in [0.25, 0.3) is 0 Å². The summed E-state index contributed by atoms with van der Waals surface area (Å²) in [6.07, 6.45) is 1.01. The lowest BCUT2D eigenvalue weighted by atomic mass is 10.1.